The maximum atomic E-state index is 12.3. The van der Waals surface area contributed by atoms with Crippen LogP contribution in [0, 0.1) is 0 Å². The summed E-state index contributed by atoms with van der Waals surface area (Å²) in [4.78, 5) is 12.3. The van der Waals surface area contributed by atoms with E-state index in [0.29, 0.717) is 18.2 Å². The van der Waals surface area contributed by atoms with Gasteiger partial charge in [0.25, 0.3) is 5.91 Å². The molecule has 0 bridgehead atoms. The summed E-state index contributed by atoms with van der Waals surface area (Å²) in [6, 6.07) is 15.8. The van der Waals surface area contributed by atoms with Gasteiger partial charge in [-0.1, -0.05) is 31.2 Å². The average molecular weight is 311 g/mol. The van der Waals surface area contributed by atoms with Crippen LogP contribution in [0.1, 0.15) is 35.3 Å². The van der Waals surface area contributed by atoms with Crippen molar-refractivity contribution < 1.29 is 4.79 Å². The van der Waals surface area contributed by atoms with Crippen molar-refractivity contribution in [1.82, 2.24) is 5.32 Å². The second kappa shape index (κ2) is 8.46. The number of rotatable bonds is 7. The highest BCUT2D eigenvalue weighted by Crippen LogP contribution is 2.12. The van der Waals surface area contributed by atoms with Crippen LogP contribution in [0.4, 0.5) is 5.69 Å². The molecule has 0 spiro atoms. The van der Waals surface area contributed by atoms with Crippen LogP contribution < -0.4 is 16.4 Å². The molecule has 122 valence electrons. The topological polar surface area (TPSA) is 67.2 Å². The lowest BCUT2D eigenvalue weighted by molar-refractivity contribution is 0.102. The number of amides is 1. The van der Waals surface area contributed by atoms with Gasteiger partial charge in [0.15, 0.2) is 0 Å². The fourth-order valence-corrected chi connectivity index (χ4v) is 2.49. The summed E-state index contributed by atoms with van der Waals surface area (Å²) >= 11 is 0. The van der Waals surface area contributed by atoms with Gasteiger partial charge in [-0.2, -0.15) is 0 Å². The molecule has 2 rings (SSSR count). The first-order chi connectivity index (χ1) is 11.1. The van der Waals surface area contributed by atoms with Crippen molar-refractivity contribution >= 4 is 11.6 Å². The number of carbonyl (C=O) groups is 1. The summed E-state index contributed by atoms with van der Waals surface area (Å²) in [5, 5.41) is 6.28. The Hall–Kier alpha value is -2.17. The number of carbonyl (C=O) groups excluding carboxylic acids is 1. The molecule has 1 amide bonds. The Kier molecular flexibility index (Phi) is 6.32. The van der Waals surface area contributed by atoms with Crippen LogP contribution in [0.3, 0.4) is 0 Å². The molecule has 0 heterocycles. The predicted molar refractivity (Wildman–Crippen MR) is 95.6 cm³/mol. The summed E-state index contributed by atoms with van der Waals surface area (Å²) in [6.45, 7) is 5.73. The maximum Gasteiger partial charge on any atom is 0.255 e. The third-order valence-corrected chi connectivity index (χ3v) is 3.76. The summed E-state index contributed by atoms with van der Waals surface area (Å²) < 4.78 is 0. The molecule has 0 saturated heterocycles. The van der Waals surface area contributed by atoms with Crippen LogP contribution in [0.5, 0.6) is 0 Å². The van der Waals surface area contributed by atoms with Crippen LogP contribution in [0.25, 0.3) is 0 Å². The summed E-state index contributed by atoms with van der Waals surface area (Å²) in [5.41, 5.74) is 9.27. The normalized spacial score (nSPS) is 12.0. The van der Waals surface area contributed by atoms with E-state index in [1.807, 2.05) is 48.5 Å². The Balaban J connectivity index is 1.96. The Morgan fingerprint density at radius 3 is 2.22 bits per heavy atom. The Labute approximate surface area is 138 Å². The third kappa shape index (κ3) is 5.20. The van der Waals surface area contributed by atoms with Gasteiger partial charge in [0, 0.05) is 23.8 Å². The highest BCUT2D eigenvalue weighted by Gasteiger charge is 2.07. The van der Waals surface area contributed by atoms with Crippen molar-refractivity contribution in [3.63, 3.8) is 0 Å². The van der Waals surface area contributed by atoms with Crippen molar-refractivity contribution in [1.29, 1.82) is 0 Å². The molecule has 23 heavy (non-hydrogen) atoms. The number of likely N-dealkylation sites (N-methyl/N-ethyl adjacent to an activating group) is 1. The molecule has 0 saturated carbocycles. The van der Waals surface area contributed by atoms with Crippen molar-refractivity contribution in [3.8, 4) is 0 Å². The Morgan fingerprint density at radius 2 is 1.65 bits per heavy atom. The van der Waals surface area contributed by atoms with E-state index in [-0.39, 0.29) is 5.91 Å². The number of hydrogen-bond acceptors (Lipinski definition) is 3. The van der Waals surface area contributed by atoms with E-state index >= 15 is 0 Å². The minimum absolute atomic E-state index is 0.100. The lowest BCUT2D eigenvalue weighted by atomic mass is 10.0. The van der Waals surface area contributed by atoms with Gasteiger partial charge < -0.3 is 16.4 Å². The zero-order valence-electron chi connectivity index (χ0n) is 13.8. The molecule has 2 aromatic rings. The SMILES string of the molecule is CCNC(C)Cc1ccc(C(=O)Nc2ccc(CN)cc2)cc1. The van der Waals surface area contributed by atoms with E-state index in [1.165, 1.54) is 5.56 Å². The van der Waals surface area contributed by atoms with Gasteiger partial charge in [-0.05, 0) is 55.3 Å². The number of hydrogen-bond donors (Lipinski definition) is 3. The zero-order valence-corrected chi connectivity index (χ0v) is 13.8. The predicted octanol–water partition coefficient (Wildman–Crippen LogP) is 2.94. The number of nitrogens with two attached hydrogens (primary N) is 1. The van der Waals surface area contributed by atoms with Gasteiger partial charge in [0.1, 0.15) is 0 Å². The number of anilines is 1. The van der Waals surface area contributed by atoms with Crippen molar-refractivity contribution in [2.75, 3.05) is 11.9 Å². The van der Waals surface area contributed by atoms with Crippen molar-refractivity contribution in [2.45, 2.75) is 32.9 Å². The maximum absolute atomic E-state index is 12.3. The van der Waals surface area contributed by atoms with Gasteiger partial charge in [-0.25, -0.2) is 0 Å². The molecule has 0 aliphatic carbocycles. The smallest absolute Gasteiger partial charge is 0.255 e. The second-order valence-electron chi connectivity index (χ2n) is 5.71. The second-order valence-corrected chi connectivity index (χ2v) is 5.71. The largest absolute Gasteiger partial charge is 0.326 e. The molecule has 4 nitrogen and oxygen atoms in total. The molecule has 1 atom stereocenters. The first kappa shape index (κ1) is 17.2. The lowest BCUT2D eigenvalue weighted by Crippen LogP contribution is -2.27. The van der Waals surface area contributed by atoms with Gasteiger partial charge in [0.05, 0.1) is 0 Å². The summed E-state index contributed by atoms with van der Waals surface area (Å²) in [7, 11) is 0. The first-order valence-electron chi connectivity index (χ1n) is 8.05. The number of nitrogens with one attached hydrogen (secondary N) is 2. The van der Waals surface area contributed by atoms with E-state index in [0.717, 1.165) is 24.2 Å². The van der Waals surface area contributed by atoms with E-state index in [1.54, 1.807) is 0 Å². The van der Waals surface area contributed by atoms with Crippen LogP contribution >= 0.6 is 0 Å². The molecule has 2 aromatic carbocycles. The fourth-order valence-electron chi connectivity index (χ4n) is 2.49. The van der Waals surface area contributed by atoms with E-state index in [9.17, 15) is 4.79 Å². The van der Waals surface area contributed by atoms with Gasteiger partial charge in [-0.15, -0.1) is 0 Å². The van der Waals surface area contributed by atoms with Crippen LogP contribution in [0.15, 0.2) is 48.5 Å². The van der Waals surface area contributed by atoms with E-state index in [2.05, 4.69) is 24.5 Å². The van der Waals surface area contributed by atoms with E-state index < -0.39 is 0 Å². The Morgan fingerprint density at radius 1 is 1.04 bits per heavy atom. The highest BCUT2D eigenvalue weighted by atomic mass is 16.1. The minimum Gasteiger partial charge on any atom is -0.326 e. The van der Waals surface area contributed by atoms with E-state index in [4.69, 9.17) is 5.73 Å². The molecule has 0 aromatic heterocycles. The Bertz CT molecular complexity index is 620. The third-order valence-electron chi connectivity index (χ3n) is 3.76. The van der Waals surface area contributed by atoms with Crippen LogP contribution in [-0.2, 0) is 13.0 Å². The average Bonchev–Trinajstić information content (AvgIpc) is 2.56. The molecule has 0 aliphatic rings. The van der Waals surface area contributed by atoms with Crippen molar-refractivity contribution in [2.24, 2.45) is 5.73 Å². The first-order valence-corrected chi connectivity index (χ1v) is 8.05. The quantitative estimate of drug-likeness (QED) is 0.736. The molecular formula is C19H25N3O. The molecular weight excluding hydrogens is 286 g/mol. The summed E-state index contributed by atoms with van der Waals surface area (Å²) in [5.74, 6) is -0.100. The monoisotopic (exact) mass is 311 g/mol. The molecule has 4 heteroatoms. The fraction of sp³-hybridized carbons (Fsp3) is 0.316. The molecule has 1 unspecified atom stereocenters. The minimum atomic E-state index is -0.100. The lowest BCUT2D eigenvalue weighted by Gasteiger charge is -2.12. The molecule has 0 aliphatic heterocycles. The van der Waals surface area contributed by atoms with Crippen LogP contribution in [0.2, 0.25) is 0 Å². The van der Waals surface area contributed by atoms with Gasteiger partial charge in [-0.3, -0.25) is 4.79 Å². The van der Waals surface area contributed by atoms with Gasteiger partial charge >= 0.3 is 0 Å². The summed E-state index contributed by atoms with van der Waals surface area (Å²) in [6.07, 6.45) is 0.955. The van der Waals surface area contributed by atoms with Gasteiger partial charge in [0.2, 0.25) is 0 Å². The van der Waals surface area contributed by atoms with Crippen LogP contribution in [-0.4, -0.2) is 18.5 Å². The molecule has 0 fully saturated rings. The molecule has 4 N–H and O–H groups in total. The van der Waals surface area contributed by atoms with Crippen molar-refractivity contribution in [3.05, 3.63) is 65.2 Å². The highest BCUT2D eigenvalue weighted by molar-refractivity contribution is 6.04. The molecule has 0 radical (unpaired) electrons. The zero-order chi connectivity index (χ0) is 16.7. The number of benzene rings is 2. The standard InChI is InChI=1S/C19H25N3O/c1-3-21-14(2)12-15-4-8-17(9-5-15)19(23)22-18-10-6-16(13-20)7-11-18/h4-11,14,21H,3,12-13,20H2,1-2H3,(H,22,23).